The molecule has 38 heteroatoms. The number of carboxylic acids is 5. The van der Waals surface area contributed by atoms with Crippen LogP contribution < -0.4 is 44.2 Å². The summed E-state index contributed by atoms with van der Waals surface area (Å²) in [5.74, 6) is 3.11. The maximum atomic E-state index is 11.5. The zero-order valence-electron chi connectivity index (χ0n) is 54.9. The predicted molar refractivity (Wildman–Crippen MR) is 418 cm³/mol. The fourth-order valence-corrected chi connectivity index (χ4v) is 4.57. The molecule has 550 valence electrons. The number of urea groups is 1. The third kappa shape index (κ3) is 181. The lowest BCUT2D eigenvalue weighted by Gasteiger charge is -2.14. The smallest absolute Gasteiger partial charge is 0.373 e. The lowest BCUT2D eigenvalue weighted by atomic mass is 10.1. The van der Waals surface area contributed by atoms with Crippen LogP contribution in [0.15, 0.2) is 0 Å². The van der Waals surface area contributed by atoms with Crippen molar-refractivity contribution in [3.63, 3.8) is 0 Å². The van der Waals surface area contributed by atoms with Gasteiger partial charge >= 0.3 is 42.0 Å². The average Bonchev–Trinajstić information content (AvgIpc) is 3.57. The first-order valence-corrected chi connectivity index (χ1v) is 35.9. The van der Waals surface area contributed by atoms with Crippen LogP contribution in [0.3, 0.4) is 0 Å². The maximum absolute atomic E-state index is 11.5. The summed E-state index contributed by atoms with van der Waals surface area (Å²) in [4.78, 5) is 119. The van der Waals surface area contributed by atoms with Gasteiger partial charge in [-0.25, -0.2) is 4.79 Å². The van der Waals surface area contributed by atoms with Crippen molar-refractivity contribution in [1.82, 2.24) is 21.3 Å². The number of hydrogen-bond donors (Lipinski definition) is 26. The van der Waals surface area contributed by atoms with Crippen LogP contribution in [0.5, 0.6) is 0 Å². The molecule has 0 rings (SSSR count). The predicted octanol–water partition coefficient (Wildman–Crippen LogP) is 6.30. The van der Waals surface area contributed by atoms with E-state index in [2.05, 4.69) is 199 Å². The topological polar surface area (TPSA) is 458 Å². The molecule has 0 saturated heterocycles. The Morgan fingerprint density at radius 2 is 0.835 bits per heavy atom. The van der Waals surface area contributed by atoms with E-state index >= 15 is 0 Å². The van der Waals surface area contributed by atoms with E-state index in [0.717, 1.165) is 47.4 Å². The van der Waals surface area contributed by atoms with Crippen LogP contribution in [0.25, 0.3) is 0 Å². The molecule has 0 saturated carbocycles. The molecule has 0 fully saturated rings. The summed E-state index contributed by atoms with van der Waals surface area (Å²) in [6, 6.07) is -0.914. The third-order valence-electron chi connectivity index (χ3n) is 7.24. The second kappa shape index (κ2) is 107. The number of hydrogen-bond acceptors (Lipinski definition) is 28. The van der Waals surface area contributed by atoms with E-state index in [1.807, 2.05) is 48.5 Å². The van der Waals surface area contributed by atoms with Crippen LogP contribution in [0.2, 0.25) is 0 Å². The van der Waals surface area contributed by atoms with Gasteiger partial charge in [0.25, 0.3) is 0 Å². The molecule has 0 aliphatic heterocycles. The molecule has 25 nitrogen and oxygen atoms in total. The quantitative estimate of drug-likeness (QED) is 0.0401. The first-order valence-electron chi connectivity index (χ1n) is 27.9. The van der Waals surface area contributed by atoms with E-state index in [4.69, 9.17) is 58.1 Å². The summed E-state index contributed by atoms with van der Waals surface area (Å²) in [5.41, 5.74) is 20.4. The zero-order valence-corrected chi connectivity index (χ0v) is 66.6. The maximum Gasteiger partial charge on any atom is 0.373 e. The zero-order chi connectivity index (χ0) is 75.5. The molecular weight excluding hydrogens is 1440 g/mol. The molecule has 0 aliphatic rings. The Morgan fingerprint density at radius 3 is 0.989 bits per heavy atom. The summed E-state index contributed by atoms with van der Waals surface area (Å²) in [7, 11) is 0. The summed E-state index contributed by atoms with van der Waals surface area (Å²) in [6.45, 7) is 22.8. The number of primary amides is 1. The van der Waals surface area contributed by atoms with Crippen molar-refractivity contribution >= 4 is 230 Å². The van der Waals surface area contributed by atoms with Crippen LogP contribution in [0.4, 0.5) is 4.79 Å². The van der Waals surface area contributed by atoms with Crippen molar-refractivity contribution in [3.05, 3.63) is 0 Å². The third-order valence-corrected chi connectivity index (χ3v) is 11.5. The Morgan fingerprint density at radius 1 is 0.484 bits per heavy atom. The Bertz CT molecular complexity index is 1650. The van der Waals surface area contributed by atoms with Gasteiger partial charge in [0.2, 0.25) is 17.7 Å². The van der Waals surface area contributed by atoms with Gasteiger partial charge < -0.3 is 69.7 Å². The fourth-order valence-electron chi connectivity index (χ4n) is 3.08. The van der Waals surface area contributed by atoms with Crippen molar-refractivity contribution in [2.45, 2.75) is 194 Å². The molecule has 0 bridgehead atoms. The molecular formula is C53H118N8O17S13. The summed E-state index contributed by atoms with van der Waals surface area (Å²) >= 11 is 49.9. The lowest BCUT2D eigenvalue weighted by Crippen LogP contribution is -2.42. The summed E-state index contributed by atoms with van der Waals surface area (Å²) in [6.07, 6.45) is 5.99. The molecule has 5 amide bonds. The highest BCUT2D eigenvalue weighted by Crippen LogP contribution is 2.01. The molecule has 0 heterocycles. The van der Waals surface area contributed by atoms with Gasteiger partial charge in [-0.3, -0.25) is 43.2 Å². The first-order chi connectivity index (χ1) is 42.1. The van der Waals surface area contributed by atoms with E-state index in [9.17, 15) is 47.9 Å². The number of Topliss-reactive ketones (excluding diaryl/α,β-unsaturated/α-hetero) is 1. The van der Waals surface area contributed by atoms with E-state index in [1.165, 1.54) is 33.6 Å². The van der Waals surface area contributed by atoms with E-state index < -0.39 is 64.9 Å². The van der Waals surface area contributed by atoms with E-state index in [1.54, 1.807) is 0 Å². The van der Waals surface area contributed by atoms with Crippen molar-refractivity contribution in [2.24, 2.45) is 22.9 Å². The normalized spacial score (nSPS) is 11.3. The largest absolute Gasteiger partial charge is 0.481 e. The number of thiol groups is 13. The summed E-state index contributed by atoms with van der Waals surface area (Å²) < 4.78 is 0. The Balaban J connectivity index is -0.0000000599. The number of amides is 5. The average molecular weight is 1560 g/mol. The first kappa shape index (κ1) is 123. The number of carbonyl (C=O) groups is 10. The van der Waals surface area contributed by atoms with Crippen LogP contribution >= 0.6 is 164 Å². The van der Waals surface area contributed by atoms with Crippen LogP contribution in [0.1, 0.15) is 147 Å². The highest BCUT2D eigenvalue weighted by molar-refractivity contribution is 7.82. The van der Waals surface area contributed by atoms with Gasteiger partial charge in [0, 0.05) is 79.6 Å². The number of carboxylic acid groups (broad SMARTS) is 5. The van der Waals surface area contributed by atoms with Gasteiger partial charge in [0.15, 0.2) is 5.78 Å². The number of aliphatic carboxylic acids is 5. The van der Waals surface area contributed by atoms with E-state index in [-0.39, 0.29) is 60.2 Å². The van der Waals surface area contributed by atoms with Gasteiger partial charge in [0.1, 0.15) is 11.3 Å². The second-order valence-electron chi connectivity index (χ2n) is 17.0. The molecule has 8 unspecified atom stereocenters. The number of carbonyl (C=O) groups excluding carboxylic acids is 7. The fraction of sp³-hybridized carbons (Fsp3) is 0.792. The van der Waals surface area contributed by atoms with Gasteiger partial charge in [0.05, 0.1) is 24.1 Å². The van der Waals surface area contributed by atoms with Crippen molar-refractivity contribution in [2.75, 3.05) is 69.8 Å². The van der Waals surface area contributed by atoms with Crippen LogP contribution in [-0.4, -0.2) is 208 Å². The van der Waals surface area contributed by atoms with Crippen molar-refractivity contribution < 1.29 is 83.1 Å². The Kier molecular flexibility index (Phi) is 145. The molecule has 0 radical (unpaired) electrons. The van der Waals surface area contributed by atoms with Crippen molar-refractivity contribution in [1.29, 1.82) is 0 Å². The Hall–Kier alpha value is -1.49. The van der Waals surface area contributed by atoms with Crippen LogP contribution in [0, 0.1) is 0 Å². The second-order valence-corrected chi connectivity index (χ2v) is 23.4. The molecule has 0 aliphatic carbocycles. The number of nitrogens with two attached hydrogens (primary N) is 4. The molecule has 0 aromatic rings. The number of nitrogens with one attached hydrogen (secondary N) is 4. The molecule has 17 N–H and O–H groups in total. The molecule has 8 atom stereocenters. The van der Waals surface area contributed by atoms with Crippen molar-refractivity contribution in [3.8, 4) is 0 Å². The minimum Gasteiger partial charge on any atom is -0.481 e. The standard InChI is InChI=1S/C10H20N2O2S.C6H13NOS.C5H11NOS.C4H10N2OS.C4H9NO2S.C4H6O4S.C3H9NS.2C3H6O2S.2C3H8S.2C2H6S.CO2/c1-2-4-9(13)8(7-15)12-10(14)5-3-6-11;1-5(3-4-9)7-6(2)8;1-4(3-8)6-5(2)7;1-3(2-8)6-4(5)7;5-3(1-2-8)4(6)7;5-3(6)1-2(9)4(7)8;1-3(4)2-5;1-2(6)3(4)5;4-3(5)1-2-6;2*1-2-3-4;2*1-2-3;2-1-3/h8,15H,2-7,11H2,1H3,(H,12,14);5,9H,3-4H2,1-2H3,(H,7,8);4,8H,3H2,1-2H3,(H,6,7);3,8H,2H2,1H3,(H3,5,6,7);3,8H,1-2,5H2,(H,6,7);2,9H,1H2,(H,5,6)(H,7,8);3,5H,2,4H2,1H3;2,6H,1H3,(H,4,5);6H,1-2H2,(H,4,5);2*4H,2-3H2,1H3;2*3H,2H2,1H3;. The molecule has 91 heavy (non-hydrogen) atoms. The molecule has 0 spiro atoms. The SMILES string of the molecule is CC(=O)NC(C)CCS.CC(=O)NC(C)CS.CC(CS)NC(N)=O.CC(N)CS.CC(S)C(=O)O.CCCC(=O)C(CS)NC(=O)CCCN.CCCS.CCCS.CCS.CCS.NC(CCS)C(=O)O.O=C(O)CC(S)C(=O)O.O=C(O)CCS.O=C=O. The monoisotopic (exact) mass is 1550 g/mol. The van der Waals surface area contributed by atoms with E-state index in [0.29, 0.717) is 61.0 Å². The van der Waals surface area contributed by atoms with Gasteiger partial charge in [-0.1, -0.05) is 34.6 Å². The molecule has 0 aromatic heterocycles. The number of ketones is 1. The lowest BCUT2D eigenvalue weighted by molar-refractivity contribution is -0.192. The summed E-state index contributed by atoms with van der Waals surface area (Å²) in [5, 5.41) is 49.0. The Labute approximate surface area is 615 Å². The molecule has 0 aromatic carbocycles. The highest BCUT2D eigenvalue weighted by atomic mass is 32.1. The minimum absolute atomic E-state index is 0.00606. The van der Waals surface area contributed by atoms with Gasteiger partial charge in [-0.15, -0.1) is 0 Å². The van der Waals surface area contributed by atoms with Gasteiger partial charge in [-0.2, -0.15) is 174 Å². The van der Waals surface area contributed by atoms with Crippen LogP contribution in [-0.2, 0) is 52.7 Å². The van der Waals surface area contributed by atoms with Gasteiger partial charge in [-0.05, 0) is 114 Å². The highest BCUT2D eigenvalue weighted by Gasteiger charge is 2.18. The minimum atomic E-state index is -1.21. The number of rotatable bonds is 27.